The summed E-state index contributed by atoms with van der Waals surface area (Å²) in [5.41, 5.74) is 3.77. The Bertz CT molecular complexity index is 1210. The van der Waals surface area contributed by atoms with Crippen LogP contribution in [-0.2, 0) is 19.1 Å². The fraction of sp³-hybridized carbons (Fsp3) is 0.500. The molecule has 0 radical (unpaired) electrons. The topological polar surface area (TPSA) is 143 Å². The van der Waals surface area contributed by atoms with Crippen LogP contribution in [0.25, 0.3) is 11.1 Å². The zero-order chi connectivity index (χ0) is 30.9. The van der Waals surface area contributed by atoms with Crippen LogP contribution < -0.4 is 16.0 Å². The van der Waals surface area contributed by atoms with Gasteiger partial charge in [0.15, 0.2) is 0 Å². The number of rotatable bonds is 13. The Balaban J connectivity index is 1.53. The first-order chi connectivity index (χ1) is 19.9. The second kappa shape index (κ2) is 14.7. The second-order valence-electron chi connectivity index (χ2n) is 12.0. The number of carboxylic acid groups (broad SMARTS) is 1. The minimum atomic E-state index is -1.17. The largest absolute Gasteiger partial charge is 0.480 e. The van der Waals surface area contributed by atoms with Crippen LogP contribution in [0.3, 0.4) is 0 Å². The summed E-state index contributed by atoms with van der Waals surface area (Å²) in [5.74, 6) is -1.83. The Hall–Kier alpha value is -4.08. The van der Waals surface area contributed by atoms with Crippen molar-refractivity contribution in [3.05, 3.63) is 59.7 Å². The lowest BCUT2D eigenvalue weighted by molar-refractivity contribution is -0.142. The maximum atomic E-state index is 13.1. The standard InChI is InChI=1S/C32H43N3O7/c1-20(2)18-27(28(36)34-26(29(37)38)16-10-11-17-33-30(39)42-32(3,4)5)35-31(40)41-19-25-23-14-8-6-12-21(23)22-13-7-9-15-24(22)25/h6-9,12-15,20,25-27H,10-11,16-19H2,1-5H3,(H,33,39)(H,34,36)(H,35,40)(H,37,38). The smallest absolute Gasteiger partial charge is 0.407 e. The average Bonchev–Trinajstić information content (AvgIpc) is 3.23. The van der Waals surface area contributed by atoms with Crippen LogP contribution >= 0.6 is 0 Å². The Labute approximate surface area is 247 Å². The summed E-state index contributed by atoms with van der Waals surface area (Å²) in [4.78, 5) is 49.6. The number of carbonyl (C=O) groups excluding carboxylic acids is 3. The van der Waals surface area contributed by atoms with Gasteiger partial charge in [-0.25, -0.2) is 14.4 Å². The Morgan fingerprint density at radius 1 is 0.857 bits per heavy atom. The highest BCUT2D eigenvalue weighted by atomic mass is 16.6. The number of carboxylic acids is 1. The highest BCUT2D eigenvalue weighted by Crippen LogP contribution is 2.44. The van der Waals surface area contributed by atoms with Crippen LogP contribution in [0, 0.1) is 5.92 Å². The summed E-state index contributed by atoms with van der Waals surface area (Å²) in [7, 11) is 0. The molecule has 2 atom stereocenters. The number of ether oxygens (including phenoxy) is 2. The van der Waals surface area contributed by atoms with Crippen LogP contribution in [0.15, 0.2) is 48.5 Å². The van der Waals surface area contributed by atoms with Crippen LogP contribution in [0.5, 0.6) is 0 Å². The number of alkyl carbamates (subject to hydrolysis) is 2. The normalized spacial score (nSPS) is 13.9. The molecule has 2 aromatic rings. The van der Waals surface area contributed by atoms with Gasteiger partial charge in [-0.1, -0.05) is 62.4 Å². The van der Waals surface area contributed by atoms with Crippen LogP contribution in [0.2, 0.25) is 0 Å². The van der Waals surface area contributed by atoms with Gasteiger partial charge in [0.1, 0.15) is 24.3 Å². The predicted molar refractivity (Wildman–Crippen MR) is 159 cm³/mol. The highest BCUT2D eigenvalue weighted by Gasteiger charge is 2.31. The molecule has 2 unspecified atom stereocenters. The molecule has 0 fully saturated rings. The molecule has 0 heterocycles. The lowest BCUT2D eigenvalue weighted by atomic mass is 9.98. The fourth-order valence-electron chi connectivity index (χ4n) is 4.99. The first kappa shape index (κ1) is 32.4. The molecule has 0 saturated heterocycles. The molecule has 1 aliphatic rings. The minimum absolute atomic E-state index is 0.0526. The molecule has 10 heteroatoms. The van der Waals surface area contributed by atoms with Crippen LogP contribution in [0.1, 0.15) is 77.3 Å². The molecule has 2 aromatic carbocycles. The van der Waals surface area contributed by atoms with Crippen molar-refractivity contribution >= 4 is 24.1 Å². The number of hydrogen-bond acceptors (Lipinski definition) is 6. The third-order valence-corrected chi connectivity index (χ3v) is 6.86. The van der Waals surface area contributed by atoms with Gasteiger partial charge in [0.05, 0.1) is 0 Å². The van der Waals surface area contributed by atoms with Gasteiger partial charge in [-0.2, -0.15) is 0 Å². The quantitative estimate of drug-likeness (QED) is 0.238. The third kappa shape index (κ3) is 9.49. The van der Waals surface area contributed by atoms with Gasteiger partial charge in [0.2, 0.25) is 5.91 Å². The molecule has 0 saturated carbocycles. The maximum absolute atomic E-state index is 13.1. The highest BCUT2D eigenvalue weighted by molar-refractivity contribution is 5.89. The van der Waals surface area contributed by atoms with Gasteiger partial charge in [-0.05, 0) is 74.6 Å². The first-order valence-corrected chi connectivity index (χ1v) is 14.5. The molecular weight excluding hydrogens is 538 g/mol. The number of hydrogen-bond donors (Lipinski definition) is 4. The molecule has 228 valence electrons. The predicted octanol–water partition coefficient (Wildman–Crippen LogP) is 5.20. The average molecular weight is 582 g/mol. The first-order valence-electron chi connectivity index (χ1n) is 14.5. The van der Waals surface area contributed by atoms with E-state index in [-0.39, 0.29) is 24.9 Å². The SMILES string of the molecule is CC(C)CC(NC(=O)OCC1c2ccccc2-c2ccccc21)C(=O)NC(CCCCNC(=O)OC(C)(C)C)C(=O)O. The van der Waals surface area contributed by atoms with Crippen molar-refractivity contribution in [1.82, 2.24) is 16.0 Å². The van der Waals surface area contributed by atoms with Crippen molar-refractivity contribution < 1.29 is 33.8 Å². The van der Waals surface area contributed by atoms with E-state index in [1.54, 1.807) is 20.8 Å². The lowest BCUT2D eigenvalue weighted by Crippen LogP contribution is -2.52. The number of nitrogens with one attached hydrogen (secondary N) is 3. The molecular formula is C32H43N3O7. The molecule has 3 amide bonds. The molecule has 0 aliphatic heterocycles. The van der Waals surface area contributed by atoms with Crippen LogP contribution in [-0.4, -0.2) is 60.0 Å². The van der Waals surface area contributed by atoms with E-state index in [1.807, 2.05) is 62.4 Å². The number of benzene rings is 2. The Morgan fingerprint density at radius 2 is 1.45 bits per heavy atom. The minimum Gasteiger partial charge on any atom is -0.480 e. The summed E-state index contributed by atoms with van der Waals surface area (Å²) < 4.78 is 10.8. The number of amides is 3. The molecule has 42 heavy (non-hydrogen) atoms. The number of aliphatic carboxylic acids is 1. The van der Waals surface area contributed by atoms with Gasteiger partial charge in [-0.3, -0.25) is 4.79 Å². The zero-order valence-corrected chi connectivity index (χ0v) is 25.1. The lowest BCUT2D eigenvalue weighted by Gasteiger charge is -2.23. The molecule has 3 rings (SSSR count). The summed E-state index contributed by atoms with van der Waals surface area (Å²) >= 11 is 0. The van der Waals surface area contributed by atoms with E-state index in [0.717, 1.165) is 22.3 Å². The monoisotopic (exact) mass is 581 g/mol. The zero-order valence-electron chi connectivity index (χ0n) is 25.1. The summed E-state index contributed by atoms with van der Waals surface area (Å²) in [6, 6.07) is 13.9. The molecule has 0 bridgehead atoms. The van der Waals surface area contributed by atoms with E-state index in [1.165, 1.54) is 0 Å². The number of fused-ring (bicyclic) bond motifs is 3. The van der Waals surface area contributed by atoms with Crippen molar-refractivity contribution in [2.75, 3.05) is 13.2 Å². The van der Waals surface area contributed by atoms with E-state index >= 15 is 0 Å². The van der Waals surface area contributed by atoms with Gasteiger partial charge in [-0.15, -0.1) is 0 Å². The molecule has 10 nitrogen and oxygen atoms in total. The van der Waals surface area contributed by atoms with E-state index in [0.29, 0.717) is 25.8 Å². The molecule has 0 aromatic heterocycles. The number of unbranched alkanes of at least 4 members (excludes halogenated alkanes) is 1. The molecule has 0 spiro atoms. The Kier molecular flexibility index (Phi) is 11.4. The van der Waals surface area contributed by atoms with Crippen molar-refractivity contribution in [3.8, 4) is 11.1 Å². The molecule has 1 aliphatic carbocycles. The van der Waals surface area contributed by atoms with Crippen molar-refractivity contribution in [3.63, 3.8) is 0 Å². The fourth-order valence-corrected chi connectivity index (χ4v) is 4.99. The van der Waals surface area contributed by atoms with E-state index in [4.69, 9.17) is 9.47 Å². The van der Waals surface area contributed by atoms with Crippen LogP contribution in [0.4, 0.5) is 9.59 Å². The second-order valence-corrected chi connectivity index (χ2v) is 12.0. The van der Waals surface area contributed by atoms with E-state index < -0.39 is 41.7 Å². The Morgan fingerprint density at radius 3 is 2.00 bits per heavy atom. The number of carbonyl (C=O) groups is 4. The van der Waals surface area contributed by atoms with Crippen molar-refractivity contribution in [2.45, 2.75) is 83.9 Å². The van der Waals surface area contributed by atoms with Gasteiger partial charge in [0.25, 0.3) is 0 Å². The van der Waals surface area contributed by atoms with Crippen molar-refractivity contribution in [2.24, 2.45) is 5.92 Å². The van der Waals surface area contributed by atoms with Crippen molar-refractivity contribution in [1.29, 1.82) is 0 Å². The summed E-state index contributed by atoms with van der Waals surface area (Å²) in [6.07, 6.45) is 0.145. The van der Waals surface area contributed by atoms with Gasteiger partial charge >= 0.3 is 18.2 Å². The molecule has 4 N–H and O–H groups in total. The third-order valence-electron chi connectivity index (χ3n) is 6.86. The van der Waals surface area contributed by atoms with Gasteiger partial charge in [0, 0.05) is 12.5 Å². The summed E-state index contributed by atoms with van der Waals surface area (Å²) in [5, 5.41) is 17.5. The maximum Gasteiger partial charge on any atom is 0.407 e. The van der Waals surface area contributed by atoms with E-state index in [9.17, 15) is 24.3 Å². The van der Waals surface area contributed by atoms with Gasteiger partial charge < -0.3 is 30.5 Å². The summed E-state index contributed by atoms with van der Waals surface area (Å²) in [6.45, 7) is 9.53. The van der Waals surface area contributed by atoms with E-state index in [2.05, 4.69) is 16.0 Å².